The van der Waals surface area contributed by atoms with Gasteiger partial charge in [0.2, 0.25) is 0 Å². The Morgan fingerprint density at radius 1 is 0.595 bits per heavy atom. The van der Waals surface area contributed by atoms with Crippen molar-refractivity contribution in [3.63, 3.8) is 0 Å². The molecular formula is C40H32N2+2. The normalized spacial score (nSPS) is 32.9. The summed E-state index contributed by atoms with van der Waals surface area (Å²) in [7, 11) is 10.1. The van der Waals surface area contributed by atoms with Crippen molar-refractivity contribution in [3.8, 4) is 22.3 Å². The van der Waals surface area contributed by atoms with E-state index in [1.807, 2.05) is 0 Å². The van der Waals surface area contributed by atoms with Crippen molar-refractivity contribution >= 4 is 38.4 Å². The van der Waals surface area contributed by atoms with Crippen LogP contribution in [-0.4, -0.2) is 63.3 Å². The lowest BCUT2D eigenvalue weighted by Crippen LogP contribution is -2.52. The van der Waals surface area contributed by atoms with E-state index >= 15 is 0 Å². The molecule has 0 saturated carbocycles. The summed E-state index contributed by atoms with van der Waals surface area (Å²) in [5, 5.41) is 9.82. The Morgan fingerprint density at radius 3 is 2.19 bits per heavy atom. The van der Waals surface area contributed by atoms with Gasteiger partial charge in [0.25, 0.3) is 0 Å². The highest BCUT2D eigenvalue weighted by atomic mass is 15.4. The maximum absolute atomic E-state index is 2.79. The summed E-state index contributed by atoms with van der Waals surface area (Å²) in [6.07, 6.45) is 4.97. The van der Waals surface area contributed by atoms with Gasteiger partial charge < -0.3 is 8.97 Å². The molecule has 0 bridgehead atoms. The maximum Gasteiger partial charge on any atom is 0.0937 e. The molecule has 7 aliphatic carbocycles. The fourth-order valence-electron chi connectivity index (χ4n) is 14.0. The monoisotopic (exact) mass is 540 g/mol. The van der Waals surface area contributed by atoms with Crippen LogP contribution in [0.4, 0.5) is 0 Å². The number of hydrogen-bond donors (Lipinski definition) is 0. The van der Waals surface area contributed by atoms with E-state index in [-0.39, 0.29) is 10.8 Å². The molecule has 0 N–H and O–H groups in total. The van der Waals surface area contributed by atoms with E-state index in [1.165, 1.54) is 37.1 Å². The molecule has 2 spiro atoms. The van der Waals surface area contributed by atoms with E-state index in [1.54, 1.807) is 99.3 Å². The molecule has 9 aliphatic rings. The predicted molar refractivity (Wildman–Crippen MR) is 170 cm³/mol. The molecule has 42 heavy (non-hydrogen) atoms. The number of quaternary nitrogens is 2. The van der Waals surface area contributed by atoms with Gasteiger partial charge in [-0.2, -0.15) is 0 Å². The topological polar surface area (TPSA) is 0 Å². The first-order valence-electron chi connectivity index (χ1n) is 16.4. The minimum absolute atomic E-state index is 0.0696. The van der Waals surface area contributed by atoms with Crippen molar-refractivity contribution in [2.75, 3.05) is 54.4 Å². The molecule has 0 aromatic heterocycles. The number of hydrogen-bond acceptors (Lipinski definition) is 0. The van der Waals surface area contributed by atoms with Crippen LogP contribution in [0.15, 0.2) is 35.9 Å². The van der Waals surface area contributed by atoms with E-state index in [0.717, 1.165) is 21.8 Å². The van der Waals surface area contributed by atoms with E-state index in [0.29, 0.717) is 11.8 Å². The van der Waals surface area contributed by atoms with Crippen molar-refractivity contribution in [2.24, 2.45) is 0 Å². The molecule has 4 atom stereocenters. The number of rotatable bonds is 0. The van der Waals surface area contributed by atoms with E-state index in [2.05, 4.69) is 64.6 Å². The summed E-state index contributed by atoms with van der Waals surface area (Å²) in [4.78, 5) is 0. The Bertz CT molecular complexity index is 2490. The molecule has 2 heterocycles. The first kappa shape index (κ1) is 20.4. The zero-order valence-corrected chi connectivity index (χ0v) is 24.8. The molecule has 0 amide bonds. The molecule has 0 radical (unpaired) electrons. The SMILES string of the molecule is C[N+]1(C)CC2c3cc4c5c6c3-c3c(cc7c8c3c-6c3c6c9c%10c(ccc9cc(c86)C7)C=C(C4)C54C[N+](C)(C)CC%1034)C2C1. The number of benzene rings is 5. The zero-order valence-electron chi connectivity index (χ0n) is 24.8. The first-order valence-corrected chi connectivity index (χ1v) is 16.4. The Balaban J connectivity index is 1.35. The first-order chi connectivity index (χ1) is 20.2. The van der Waals surface area contributed by atoms with Crippen molar-refractivity contribution in [3.05, 3.63) is 86.0 Å². The van der Waals surface area contributed by atoms with Crippen LogP contribution in [0.1, 0.15) is 61.9 Å². The van der Waals surface area contributed by atoms with Crippen molar-refractivity contribution in [2.45, 2.75) is 35.5 Å². The van der Waals surface area contributed by atoms with Gasteiger partial charge in [-0.1, -0.05) is 36.4 Å². The van der Waals surface area contributed by atoms with E-state index in [9.17, 15) is 0 Å². The molecular weight excluding hydrogens is 508 g/mol. The quantitative estimate of drug-likeness (QED) is 0.146. The summed E-state index contributed by atoms with van der Waals surface area (Å²) >= 11 is 0. The lowest BCUT2D eigenvalue weighted by Gasteiger charge is -2.48. The van der Waals surface area contributed by atoms with Gasteiger partial charge in [0, 0.05) is 11.8 Å². The summed E-state index contributed by atoms with van der Waals surface area (Å²) in [5.41, 5.74) is 24.0. The molecule has 2 nitrogen and oxygen atoms in total. The molecule has 4 unspecified atom stereocenters. The van der Waals surface area contributed by atoms with Crippen molar-refractivity contribution in [1.82, 2.24) is 0 Å². The van der Waals surface area contributed by atoms with Crippen LogP contribution in [0.3, 0.4) is 0 Å². The average Bonchev–Trinajstić information content (AvgIpc) is 3.72. The third-order valence-electron chi connectivity index (χ3n) is 14.4. The third kappa shape index (κ3) is 1.55. The molecule has 2 heteroatoms. The highest BCUT2D eigenvalue weighted by molar-refractivity contribution is 6.36. The number of likely N-dealkylation sites (tertiary alicyclic amines) is 2. The second-order valence-corrected chi connectivity index (χ2v) is 17.3. The zero-order chi connectivity index (χ0) is 27.2. The lowest BCUT2D eigenvalue weighted by molar-refractivity contribution is -0.880. The van der Waals surface area contributed by atoms with E-state index in [4.69, 9.17) is 0 Å². The van der Waals surface area contributed by atoms with Crippen molar-refractivity contribution < 1.29 is 8.97 Å². The summed E-state index contributed by atoms with van der Waals surface area (Å²) in [6.45, 7) is 5.00. The van der Waals surface area contributed by atoms with Gasteiger partial charge in [-0.3, -0.25) is 0 Å². The Labute approximate surface area is 245 Å². The van der Waals surface area contributed by atoms with Crippen LogP contribution < -0.4 is 0 Å². The minimum atomic E-state index is 0.0696. The largest absolute Gasteiger partial charge is 0.327 e. The molecule has 14 rings (SSSR count). The fourth-order valence-corrected chi connectivity index (χ4v) is 14.0. The molecule has 2 saturated heterocycles. The molecule has 5 aromatic rings. The van der Waals surface area contributed by atoms with Gasteiger partial charge in [-0.05, 0) is 123 Å². The molecule has 200 valence electrons. The average molecular weight is 541 g/mol. The Morgan fingerprint density at radius 2 is 1.33 bits per heavy atom. The fraction of sp³-hybridized carbons (Fsp3) is 0.350. The van der Waals surface area contributed by atoms with E-state index < -0.39 is 0 Å². The molecule has 5 aromatic carbocycles. The summed E-state index contributed by atoms with van der Waals surface area (Å²) in [5.74, 6) is 1.29. The smallest absolute Gasteiger partial charge is 0.0937 e. The van der Waals surface area contributed by atoms with Gasteiger partial charge in [0.15, 0.2) is 0 Å². The minimum Gasteiger partial charge on any atom is -0.327 e. The highest BCUT2D eigenvalue weighted by Gasteiger charge is 2.76. The Kier molecular flexibility index (Phi) is 2.51. The van der Waals surface area contributed by atoms with Crippen LogP contribution in [0.2, 0.25) is 0 Å². The predicted octanol–water partition coefficient (Wildman–Crippen LogP) is 6.86. The van der Waals surface area contributed by atoms with Crippen LogP contribution in [0.5, 0.6) is 0 Å². The summed E-state index contributed by atoms with van der Waals surface area (Å²) < 4.78 is 2.25. The van der Waals surface area contributed by atoms with Crippen LogP contribution >= 0.6 is 0 Å². The third-order valence-corrected chi connectivity index (χ3v) is 14.4. The number of nitrogens with zero attached hydrogens (tertiary/aromatic N) is 2. The highest BCUT2D eigenvalue weighted by Crippen LogP contribution is 2.79. The molecule has 2 aliphatic heterocycles. The Hall–Kier alpha value is -3.46. The van der Waals surface area contributed by atoms with Crippen molar-refractivity contribution in [1.29, 1.82) is 0 Å². The number of fused-ring (bicyclic) bond motifs is 3. The second-order valence-electron chi connectivity index (χ2n) is 17.3. The standard InChI is InChI=1S/C40H32N2/c1-41(2)13-25-23-11-20-8-19-7-17-5-6-18-9-22-10-21-12-24(26(25)14-41)31-30(23)32-27(20)28(19)33-29(17)36(18)40-16-42(3,4)15-39(22,40)37(21)34(31)35(32)38(33)40/h5-7,9,11-12,25-26H,8,10,13-16H2,1-4H3/q+2. The maximum atomic E-state index is 2.79. The van der Waals surface area contributed by atoms with Crippen LogP contribution in [0.25, 0.3) is 60.6 Å². The van der Waals surface area contributed by atoms with Crippen LogP contribution in [0, 0.1) is 0 Å². The second kappa shape index (κ2) is 5.16. The van der Waals surface area contributed by atoms with Gasteiger partial charge in [-0.15, -0.1) is 0 Å². The van der Waals surface area contributed by atoms with Crippen LogP contribution in [-0.2, 0) is 23.7 Å². The lowest BCUT2D eigenvalue weighted by atomic mass is 9.49. The summed E-state index contributed by atoms with van der Waals surface area (Å²) in [6, 6.07) is 13.1. The van der Waals surface area contributed by atoms with Gasteiger partial charge in [0.05, 0.1) is 65.2 Å². The number of likely N-dealkylation sites (N-methyl/N-ethyl adjacent to an activating group) is 2. The van der Waals surface area contributed by atoms with Gasteiger partial charge >= 0.3 is 0 Å². The van der Waals surface area contributed by atoms with Gasteiger partial charge in [0.1, 0.15) is 0 Å². The molecule has 2 fully saturated rings. The van der Waals surface area contributed by atoms with Gasteiger partial charge in [-0.25, -0.2) is 0 Å².